The maximum atomic E-state index is 11.2. The number of hydrazone groups is 1. The summed E-state index contributed by atoms with van der Waals surface area (Å²) in [7, 11) is 0. The summed E-state index contributed by atoms with van der Waals surface area (Å²) in [5.74, 6) is 0.0497. The SMILES string of the molecule is [O-][n+]1oncc1C1=NC(c2cno[n+]2[O-])=NNC1. The normalized spacial score (nSPS) is 14.9. The number of aromatic nitrogens is 4. The summed E-state index contributed by atoms with van der Waals surface area (Å²) in [5.41, 5.74) is 3.11. The predicted octanol–water partition coefficient (Wildman–Crippen LogP) is -2.32. The number of hydrogen-bond acceptors (Lipinski definition) is 9. The van der Waals surface area contributed by atoms with Crippen LogP contribution in [0, 0.1) is 10.4 Å². The van der Waals surface area contributed by atoms with E-state index in [0.717, 1.165) is 0 Å². The van der Waals surface area contributed by atoms with Gasteiger partial charge in [-0.1, -0.05) is 0 Å². The average Bonchev–Trinajstić information content (AvgIpc) is 2.98. The van der Waals surface area contributed by atoms with Crippen molar-refractivity contribution in [2.24, 2.45) is 10.1 Å². The number of aliphatic imine (C=N–C) groups is 1. The second-order valence-corrected chi connectivity index (χ2v) is 3.25. The van der Waals surface area contributed by atoms with Crippen LogP contribution in [0.1, 0.15) is 11.4 Å². The molecule has 0 saturated heterocycles. The molecule has 0 aliphatic carbocycles. The second-order valence-electron chi connectivity index (χ2n) is 3.25. The van der Waals surface area contributed by atoms with Crippen LogP contribution in [-0.2, 0) is 0 Å². The summed E-state index contributed by atoms with van der Waals surface area (Å²) < 4.78 is 8.64. The van der Waals surface area contributed by atoms with E-state index < -0.39 is 0 Å². The molecule has 0 saturated carbocycles. The van der Waals surface area contributed by atoms with E-state index in [9.17, 15) is 10.4 Å². The topological polar surface area (TPSA) is 143 Å². The Bertz CT molecular complexity index is 642. The lowest BCUT2D eigenvalue weighted by molar-refractivity contribution is -0.803. The molecule has 3 rings (SSSR count). The summed E-state index contributed by atoms with van der Waals surface area (Å²) in [5, 5.41) is 32.9. The van der Waals surface area contributed by atoms with Crippen molar-refractivity contribution < 1.29 is 19.1 Å². The van der Waals surface area contributed by atoms with E-state index in [4.69, 9.17) is 0 Å². The molecule has 2 aromatic heterocycles. The van der Waals surface area contributed by atoms with Crippen LogP contribution in [0.2, 0.25) is 0 Å². The van der Waals surface area contributed by atoms with E-state index >= 15 is 0 Å². The standard InChI is InChI=1S/C7H5N7O4/c15-13-5(2-9-17-13)4-1-8-12-7(11-4)6-3-10-18-14(6)16/h2-3,8H,1H2. The Morgan fingerprint density at radius 1 is 1.11 bits per heavy atom. The molecule has 2 aromatic rings. The highest BCUT2D eigenvalue weighted by Gasteiger charge is 2.23. The van der Waals surface area contributed by atoms with Gasteiger partial charge in [0, 0.05) is 10.3 Å². The molecular weight excluding hydrogens is 246 g/mol. The third-order valence-electron chi connectivity index (χ3n) is 2.18. The van der Waals surface area contributed by atoms with Crippen LogP contribution in [0.15, 0.2) is 31.7 Å². The van der Waals surface area contributed by atoms with Crippen molar-refractivity contribution in [3.05, 3.63) is 34.2 Å². The fraction of sp³-hybridized carbons (Fsp3) is 0.143. The van der Waals surface area contributed by atoms with Crippen LogP contribution >= 0.6 is 0 Å². The van der Waals surface area contributed by atoms with Crippen molar-refractivity contribution in [1.29, 1.82) is 0 Å². The van der Waals surface area contributed by atoms with Crippen LogP contribution in [0.3, 0.4) is 0 Å². The molecule has 0 bridgehead atoms. The summed E-state index contributed by atoms with van der Waals surface area (Å²) in [6.07, 6.45) is 2.38. The number of hydrogen-bond donors (Lipinski definition) is 1. The molecule has 11 heteroatoms. The highest BCUT2D eigenvalue weighted by molar-refractivity contribution is 6.11. The van der Waals surface area contributed by atoms with Crippen LogP contribution in [-0.4, -0.2) is 28.4 Å². The van der Waals surface area contributed by atoms with Crippen molar-refractivity contribution in [2.45, 2.75) is 0 Å². The summed E-state index contributed by atoms with van der Waals surface area (Å²) in [6.45, 7) is 0.205. The van der Waals surface area contributed by atoms with Gasteiger partial charge >= 0.3 is 0 Å². The van der Waals surface area contributed by atoms with Gasteiger partial charge in [-0.25, -0.2) is 4.99 Å². The lowest BCUT2D eigenvalue weighted by Crippen LogP contribution is -2.39. The Morgan fingerprint density at radius 3 is 2.39 bits per heavy atom. The first-order valence-corrected chi connectivity index (χ1v) is 4.74. The highest BCUT2D eigenvalue weighted by Crippen LogP contribution is 2.03. The van der Waals surface area contributed by atoms with E-state index in [1.165, 1.54) is 12.4 Å². The average molecular weight is 251 g/mol. The summed E-state index contributed by atoms with van der Waals surface area (Å²) in [6, 6.07) is 0. The third-order valence-corrected chi connectivity index (χ3v) is 2.18. The molecule has 0 radical (unpaired) electrons. The predicted molar refractivity (Wildman–Crippen MR) is 52.0 cm³/mol. The van der Waals surface area contributed by atoms with Gasteiger partial charge in [0.2, 0.25) is 23.9 Å². The van der Waals surface area contributed by atoms with Gasteiger partial charge in [0.1, 0.15) is 5.71 Å². The van der Waals surface area contributed by atoms with Crippen LogP contribution < -0.4 is 15.2 Å². The van der Waals surface area contributed by atoms with Crippen molar-refractivity contribution >= 4 is 11.5 Å². The first-order valence-electron chi connectivity index (χ1n) is 4.74. The maximum Gasteiger partial charge on any atom is 0.264 e. The number of amidine groups is 1. The zero-order valence-electron chi connectivity index (χ0n) is 8.68. The van der Waals surface area contributed by atoms with Gasteiger partial charge in [-0.15, -0.1) is 0 Å². The summed E-state index contributed by atoms with van der Waals surface area (Å²) >= 11 is 0. The Kier molecular flexibility index (Phi) is 2.15. The van der Waals surface area contributed by atoms with Crippen LogP contribution in [0.5, 0.6) is 0 Å². The molecule has 18 heavy (non-hydrogen) atoms. The van der Waals surface area contributed by atoms with Crippen LogP contribution in [0.25, 0.3) is 0 Å². The molecule has 1 aliphatic rings. The van der Waals surface area contributed by atoms with Crippen LogP contribution in [0.4, 0.5) is 0 Å². The minimum atomic E-state index is 0.0219. The van der Waals surface area contributed by atoms with E-state index in [-0.39, 0.29) is 33.6 Å². The van der Waals surface area contributed by atoms with Gasteiger partial charge in [0.05, 0.1) is 6.54 Å². The smallest absolute Gasteiger partial charge is 0.264 e. The number of nitrogens with one attached hydrogen (secondary N) is 1. The maximum absolute atomic E-state index is 11.2. The zero-order chi connectivity index (χ0) is 12.5. The lowest BCUT2D eigenvalue weighted by Gasteiger charge is -2.09. The largest absolute Gasteiger partial charge is 0.359 e. The number of rotatable bonds is 2. The number of nitrogens with zero attached hydrogens (tertiary/aromatic N) is 6. The van der Waals surface area contributed by atoms with Gasteiger partial charge in [0.25, 0.3) is 5.69 Å². The molecule has 11 nitrogen and oxygen atoms in total. The molecule has 1 N–H and O–H groups in total. The minimum absolute atomic E-state index is 0.0219. The molecule has 3 heterocycles. The van der Waals surface area contributed by atoms with Crippen molar-refractivity contribution in [3.63, 3.8) is 0 Å². The molecule has 92 valence electrons. The highest BCUT2D eigenvalue weighted by atomic mass is 16.8. The van der Waals surface area contributed by atoms with Gasteiger partial charge in [-0.3, -0.25) is 9.26 Å². The molecule has 0 amide bonds. The van der Waals surface area contributed by atoms with Gasteiger partial charge < -0.3 is 15.8 Å². The third kappa shape index (κ3) is 1.53. The van der Waals surface area contributed by atoms with E-state index in [0.29, 0.717) is 5.71 Å². The van der Waals surface area contributed by atoms with E-state index in [1.54, 1.807) is 0 Å². The van der Waals surface area contributed by atoms with Gasteiger partial charge in [-0.2, -0.15) is 5.10 Å². The first kappa shape index (κ1) is 10.2. The van der Waals surface area contributed by atoms with Crippen molar-refractivity contribution in [1.82, 2.24) is 15.7 Å². The van der Waals surface area contributed by atoms with Crippen molar-refractivity contribution in [3.8, 4) is 0 Å². The Labute approximate surface area is 98.1 Å². The summed E-state index contributed by atoms with van der Waals surface area (Å²) in [4.78, 5) is 4.42. The molecule has 1 aliphatic heterocycles. The Morgan fingerprint density at radius 2 is 1.78 bits per heavy atom. The molecular formula is C7H5N7O4. The lowest BCUT2D eigenvalue weighted by atomic mass is 10.2. The molecule has 0 aromatic carbocycles. The second kappa shape index (κ2) is 3.80. The fourth-order valence-corrected chi connectivity index (χ4v) is 1.38. The molecule has 0 fully saturated rings. The molecule has 0 unspecified atom stereocenters. The quantitative estimate of drug-likeness (QED) is 0.590. The molecule has 0 spiro atoms. The molecule has 0 atom stereocenters. The zero-order valence-corrected chi connectivity index (χ0v) is 8.68. The Hall–Kier alpha value is -2.98. The fourth-order valence-electron chi connectivity index (χ4n) is 1.38. The van der Waals surface area contributed by atoms with E-state index in [2.05, 4.69) is 35.1 Å². The van der Waals surface area contributed by atoms with E-state index in [1.807, 2.05) is 0 Å². The minimum Gasteiger partial charge on any atom is -0.359 e. The van der Waals surface area contributed by atoms with Gasteiger partial charge in [0.15, 0.2) is 0 Å². The first-order chi connectivity index (χ1) is 8.75. The van der Waals surface area contributed by atoms with Gasteiger partial charge in [-0.05, 0) is 9.81 Å². The Balaban J connectivity index is 2.00. The van der Waals surface area contributed by atoms with Crippen molar-refractivity contribution in [2.75, 3.05) is 6.54 Å². The monoisotopic (exact) mass is 251 g/mol.